The minimum absolute atomic E-state index is 0.00441. The van der Waals surface area contributed by atoms with E-state index in [-0.39, 0.29) is 17.6 Å². The van der Waals surface area contributed by atoms with Gasteiger partial charge in [0.15, 0.2) is 5.78 Å². The lowest BCUT2D eigenvalue weighted by molar-refractivity contribution is 0.101. The molecular weight excluding hydrogens is 451 g/mol. The maximum Gasteiger partial charge on any atom is 0.319 e. The number of hydrogen-bond donors (Lipinski definition) is 2. The second-order valence-corrected chi connectivity index (χ2v) is 9.58. The number of benzene rings is 2. The Balaban J connectivity index is 1.15. The predicted octanol–water partition coefficient (Wildman–Crippen LogP) is 5.36. The van der Waals surface area contributed by atoms with Crippen molar-refractivity contribution in [3.8, 4) is 0 Å². The molecule has 0 spiro atoms. The first kappa shape index (κ1) is 24.2. The number of unbranched alkanes of at least 4 members (excludes halogenated alkanes) is 1. The molecule has 180 valence electrons. The molecule has 1 aliphatic heterocycles. The van der Waals surface area contributed by atoms with Gasteiger partial charge in [0.2, 0.25) is 0 Å². The molecule has 4 rings (SSSR count). The Bertz CT molecular complexity index is 1130. The van der Waals surface area contributed by atoms with Gasteiger partial charge in [-0.15, -0.1) is 11.3 Å². The fourth-order valence-electron chi connectivity index (χ4n) is 4.29. The molecule has 0 unspecified atom stereocenters. The van der Waals surface area contributed by atoms with Crippen molar-refractivity contribution in [2.75, 3.05) is 49.5 Å². The Morgan fingerprint density at radius 3 is 2.65 bits per heavy atom. The lowest BCUT2D eigenvalue weighted by Crippen LogP contribution is -2.32. The molecule has 1 aromatic heterocycles. The number of hydrogen-bond acceptors (Lipinski definition) is 5. The summed E-state index contributed by atoms with van der Waals surface area (Å²) in [7, 11) is 0. The van der Waals surface area contributed by atoms with Crippen LogP contribution in [0.3, 0.4) is 0 Å². The summed E-state index contributed by atoms with van der Waals surface area (Å²) < 4.78 is 14.5. The SMILES string of the molecule is CC(=O)c1ccc(NC(=O)NCCCCN2CCCN(c3csc4cc(F)ccc34)CC2)cc1. The van der Waals surface area contributed by atoms with Crippen LogP contribution in [0.2, 0.25) is 0 Å². The number of rotatable bonds is 8. The molecule has 0 radical (unpaired) electrons. The third kappa shape index (κ3) is 6.33. The maximum atomic E-state index is 13.5. The van der Waals surface area contributed by atoms with E-state index in [0.717, 1.165) is 62.1 Å². The summed E-state index contributed by atoms with van der Waals surface area (Å²) in [6.07, 6.45) is 3.04. The van der Waals surface area contributed by atoms with Crippen LogP contribution >= 0.6 is 11.3 Å². The number of fused-ring (bicyclic) bond motifs is 1. The number of carbonyl (C=O) groups excluding carboxylic acids is 2. The van der Waals surface area contributed by atoms with Crippen LogP contribution in [0.1, 0.15) is 36.5 Å². The minimum atomic E-state index is -0.233. The molecule has 2 heterocycles. The van der Waals surface area contributed by atoms with Gasteiger partial charge in [-0.05, 0) is 81.7 Å². The van der Waals surface area contributed by atoms with E-state index in [9.17, 15) is 14.0 Å². The first-order chi connectivity index (χ1) is 16.5. The number of Topliss-reactive ketones (excluding diaryl/α,β-unsaturated/α-hetero) is 1. The lowest BCUT2D eigenvalue weighted by Gasteiger charge is -2.23. The van der Waals surface area contributed by atoms with E-state index in [2.05, 4.69) is 25.8 Å². The molecule has 0 bridgehead atoms. The Morgan fingerprint density at radius 2 is 1.85 bits per heavy atom. The number of thiophene rings is 1. The van der Waals surface area contributed by atoms with E-state index < -0.39 is 0 Å². The summed E-state index contributed by atoms with van der Waals surface area (Å²) in [6, 6.07) is 11.7. The molecule has 34 heavy (non-hydrogen) atoms. The summed E-state index contributed by atoms with van der Waals surface area (Å²) in [6.45, 7) is 7.20. The van der Waals surface area contributed by atoms with Crippen molar-refractivity contribution >= 4 is 44.6 Å². The molecular formula is C26H31FN4O2S. The largest absolute Gasteiger partial charge is 0.369 e. The van der Waals surface area contributed by atoms with Crippen LogP contribution in [-0.2, 0) is 0 Å². The fourth-order valence-corrected chi connectivity index (χ4v) is 5.29. The van der Waals surface area contributed by atoms with Crippen LogP contribution in [0.25, 0.3) is 10.1 Å². The Hall–Kier alpha value is -2.97. The molecule has 0 saturated carbocycles. The lowest BCUT2D eigenvalue weighted by atomic mass is 10.1. The average molecular weight is 483 g/mol. The van der Waals surface area contributed by atoms with E-state index in [1.54, 1.807) is 47.7 Å². The number of nitrogens with one attached hydrogen (secondary N) is 2. The summed E-state index contributed by atoms with van der Waals surface area (Å²) in [5.41, 5.74) is 2.51. The molecule has 1 saturated heterocycles. The van der Waals surface area contributed by atoms with Crippen molar-refractivity contribution in [2.24, 2.45) is 0 Å². The number of nitrogens with zero attached hydrogens (tertiary/aromatic N) is 2. The van der Waals surface area contributed by atoms with Crippen LogP contribution in [0.5, 0.6) is 0 Å². The van der Waals surface area contributed by atoms with Gasteiger partial charge in [-0.3, -0.25) is 4.79 Å². The van der Waals surface area contributed by atoms with Crippen molar-refractivity contribution in [2.45, 2.75) is 26.2 Å². The van der Waals surface area contributed by atoms with Gasteiger partial charge in [0, 0.05) is 52.9 Å². The zero-order valence-corrected chi connectivity index (χ0v) is 20.3. The van der Waals surface area contributed by atoms with Crippen molar-refractivity contribution in [3.05, 3.63) is 59.2 Å². The normalized spacial score (nSPS) is 14.7. The van der Waals surface area contributed by atoms with Crippen LogP contribution < -0.4 is 15.5 Å². The number of amides is 2. The summed E-state index contributed by atoms with van der Waals surface area (Å²) in [5.74, 6) is -0.178. The Labute approximate surface area is 203 Å². The number of anilines is 2. The number of carbonyl (C=O) groups is 2. The van der Waals surface area contributed by atoms with E-state index in [0.29, 0.717) is 17.8 Å². The smallest absolute Gasteiger partial charge is 0.319 e. The molecule has 6 nitrogen and oxygen atoms in total. The molecule has 8 heteroatoms. The highest BCUT2D eigenvalue weighted by Crippen LogP contribution is 2.34. The van der Waals surface area contributed by atoms with Crippen molar-refractivity contribution in [3.63, 3.8) is 0 Å². The van der Waals surface area contributed by atoms with Gasteiger partial charge in [0.25, 0.3) is 0 Å². The molecule has 1 aliphatic rings. The predicted molar refractivity (Wildman–Crippen MR) is 138 cm³/mol. The van der Waals surface area contributed by atoms with Crippen LogP contribution in [0.15, 0.2) is 47.8 Å². The Morgan fingerprint density at radius 1 is 1.03 bits per heavy atom. The van der Waals surface area contributed by atoms with Gasteiger partial charge in [0.05, 0.1) is 5.69 Å². The zero-order chi connectivity index (χ0) is 23.9. The molecule has 0 aliphatic carbocycles. The topological polar surface area (TPSA) is 64.7 Å². The van der Waals surface area contributed by atoms with Crippen molar-refractivity contribution in [1.82, 2.24) is 10.2 Å². The van der Waals surface area contributed by atoms with Gasteiger partial charge in [-0.2, -0.15) is 0 Å². The van der Waals surface area contributed by atoms with Crippen molar-refractivity contribution < 1.29 is 14.0 Å². The van der Waals surface area contributed by atoms with Gasteiger partial charge >= 0.3 is 6.03 Å². The molecule has 2 aromatic carbocycles. The molecule has 2 N–H and O–H groups in total. The van der Waals surface area contributed by atoms with Gasteiger partial charge in [-0.25, -0.2) is 9.18 Å². The standard InChI is InChI=1S/C26H31FN4O2S/c1-19(32)20-5-8-22(9-6-20)29-26(33)28-11-2-3-12-30-13-4-14-31(16-15-30)24-18-34-25-17-21(27)7-10-23(24)25/h5-10,17-18H,2-4,11-16H2,1H3,(H2,28,29,33). The minimum Gasteiger partial charge on any atom is -0.369 e. The zero-order valence-electron chi connectivity index (χ0n) is 19.5. The van der Waals surface area contributed by atoms with Gasteiger partial charge in [-0.1, -0.05) is 0 Å². The van der Waals surface area contributed by atoms with Crippen LogP contribution in [0.4, 0.5) is 20.6 Å². The van der Waals surface area contributed by atoms with E-state index in [1.807, 2.05) is 6.07 Å². The third-order valence-electron chi connectivity index (χ3n) is 6.18. The van der Waals surface area contributed by atoms with Crippen molar-refractivity contribution in [1.29, 1.82) is 0 Å². The second-order valence-electron chi connectivity index (χ2n) is 8.67. The Kier molecular flexibility index (Phi) is 8.13. The summed E-state index contributed by atoms with van der Waals surface area (Å²) in [5, 5.41) is 8.97. The second kappa shape index (κ2) is 11.4. The van der Waals surface area contributed by atoms with E-state index in [1.165, 1.54) is 12.6 Å². The molecule has 1 fully saturated rings. The average Bonchev–Trinajstić information content (AvgIpc) is 3.09. The third-order valence-corrected chi connectivity index (χ3v) is 7.12. The highest BCUT2D eigenvalue weighted by molar-refractivity contribution is 7.17. The first-order valence-corrected chi connectivity index (χ1v) is 12.7. The molecule has 0 atom stereocenters. The van der Waals surface area contributed by atoms with Crippen LogP contribution in [-0.4, -0.2) is 56.0 Å². The van der Waals surface area contributed by atoms with Gasteiger partial charge in [0.1, 0.15) is 5.82 Å². The maximum absolute atomic E-state index is 13.5. The monoisotopic (exact) mass is 482 g/mol. The molecule has 3 aromatic rings. The van der Waals surface area contributed by atoms with E-state index >= 15 is 0 Å². The number of halogens is 1. The fraction of sp³-hybridized carbons (Fsp3) is 0.385. The van der Waals surface area contributed by atoms with Crippen LogP contribution in [0, 0.1) is 5.82 Å². The first-order valence-electron chi connectivity index (χ1n) is 11.8. The van der Waals surface area contributed by atoms with Gasteiger partial charge < -0.3 is 20.4 Å². The quantitative estimate of drug-likeness (QED) is 0.335. The number of urea groups is 1. The molecule has 2 amide bonds. The highest BCUT2D eigenvalue weighted by atomic mass is 32.1. The summed E-state index contributed by atoms with van der Waals surface area (Å²) >= 11 is 1.60. The van der Waals surface area contributed by atoms with E-state index in [4.69, 9.17) is 0 Å². The highest BCUT2D eigenvalue weighted by Gasteiger charge is 2.18. The number of ketones is 1. The summed E-state index contributed by atoms with van der Waals surface area (Å²) in [4.78, 5) is 28.3.